The number of fused-ring (bicyclic) bond motifs is 1. The van der Waals surface area contributed by atoms with Crippen molar-refractivity contribution < 1.29 is 23.9 Å². The molecule has 1 saturated heterocycles. The van der Waals surface area contributed by atoms with Gasteiger partial charge in [-0.3, -0.25) is 14.4 Å². The van der Waals surface area contributed by atoms with E-state index in [1.165, 1.54) is 12.7 Å². The summed E-state index contributed by atoms with van der Waals surface area (Å²) in [5, 5.41) is 0. The lowest BCUT2D eigenvalue weighted by Gasteiger charge is -2.47. The Balaban J connectivity index is 1.68. The second-order valence-corrected chi connectivity index (χ2v) is 11.5. The standard InChI is InChI=1S/C26H36O5/c1-6-7-10-24-11-9-18-25(14-24,13-15(24)2)19(21(28)30-5)20-23(4)17(16(3)27)8-12-26(18,20)31-22(23)29/h17-20H,2,6-14H2,1,3-5H3/t17-,18-,19-,20-,23+,24-,25+,26-/m1/s1. The van der Waals surface area contributed by atoms with Crippen LogP contribution in [0, 0.1) is 39.9 Å². The van der Waals surface area contributed by atoms with E-state index in [-0.39, 0.29) is 40.4 Å². The number of hydrogen-bond acceptors (Lipinski definition) is 5. The van der Waals surface area contributed by atoms with Crippen molar-refractivity contribution in [3.8, 4) is 0 Å². The molecule has 1 aliphatic heterocycles. The number of ketones is 1. The Kier molecular flexibility index (Phi) is 4.41. The zero-order valence-corrected chi connectivity index (χ0v) is 19.4. The first-order chi connectivity index (χ1) is 14.6. The predicted octanol–water partition coefficient (Wildman–Crippen LogP) is 4.63. The molecule has 4 bridgehead atoms. The van der Waals surface area contributed by atoms with Gasteiger partial charge in [0, 0.05) is 17.8 Å². The molecule has 5 rings (SSSR count). The van der Waals surface area contributed by atoms with Gasteiger partial charge in [-0.1, -0.05) is 31.9 Å². The second-order valence-electron chi connectivity index (χ2n) is 11.5. The first-order valence-corrected chi connectivity index (χ1v) is 12.1. The molecule has 5 aliphatic rings. The van der Waals surface area contributed by atoms with Crippen LogP contribution in [0.25, 0.3) is 0 Å². The molecule has 5 fully saturated rings. The summed E-state index contributed by atoms with van der Waals surface area (Å²) in [5.41, 5.74) is -0.493. The van der Waals surface area contributed by atoms with Crippen molar-refractivity contribution >= 4 is 17.7 Å². The van der Waals surface area contributed by atoms with Crippen molar-refractivity contribution in [3.05, 3.63) is 12.2 Å². The summed E-state index contributed by atoms with van der Waals surface area (Å²) >= 11 is 0. The van der Waals surface area contributed by atoms with Crippen LogP contribution in [0.15, 0.2) is 12.2 Å². The molecule has 5 heteroatoms. The molecule has 4 saturated carbocycles. The van der Waals surface area contributed by atoms with Gasteiger partial charge in [0.15, 0.2) is 0 Å². The number of hydrogen-bond donors (Lipinski definition) is 0. The van der Waals surface area contributed by atoms with Crippen LogP contribution in [0.5, 0.6) is 0 Å². The number of allylic oxidation sites excluding steroid dienone is 1. The Morgan fingerprint density at radius 1 is 1.26 bits per heavy atom. The van der Waals surface area contributed by atoms with Crippen molar-refractivity contribution in [2.24, 2.45) is 39.9 Å². The second kappa shape index (κ2) is 6.45. The van der Waals surface area contributed by atoms with E-state index in [2.05, 4.69) is 13.5 Å². The first kappa shape index (κ1) is 21.2. The zero-order chi connectivity index (χ0) is 22.4. The van der Waals surface area contributed by atoms with Gasteiger partial charge in [-0.05, 0) is 69.6 Å². The van der Waals surface area contributed by atoms with E-state index in [9.17, 15) is 14.4 Å². The average Bonchev–Trinajstić information content (AvgIpc) is 3.15. The van der Waals surface area contributed by atoms with Crippen LogP contribution < -0.4 is 0 Å². The number of methoxy groups -OCH3 is 1. The Morgan fingerprint density at radius 3 is 2.65 bits per heavy atom. The lowest BCUT2D eigenvalue weighted by Crippen LogP contribution is -2.52. The van der Waals surface area contributed by atoms with Gasteiger partial charge in [0.1, 0.15) is 11.4 Å². The highest BCUT2D eigenvalue weighted by atomic mass is 16.6. The molecule has 0 aromatic rings. The summed E-state index contributed by atoms with van der Waals surface area (Å²) < 4.78 is 11.7. The number of unbranched alkanes of at least 4 members (excludes halogenated alkanes) is 1. The Bertz CT molecular complexity index is 877. The van der Waals surface area contributed by atoms with Crippen molar-refractivity contribution in [1.29, 1.82) is 0 Å². The summed E-state index contributed by atoms with van der Waals surface area (Å²) in [6, 6.07) is 0. The summed E-state index contributed by atoms with van der Waals surface area (Å²) in [6.07, 6.45) is 8.55. The third-order valence-electron chi connectivity index (χ3n) is 10.5. The molecule has 1 heterocycles. The van der Waals surface area contributed by atoms with Crippen molar-refractivity contribution in [1.82, 2.24) is 0 Å². The minimum Gasteiger partial charge on any atom is -0.469 e. The number of carbonyl (C=O) groups excluding carboxylic acids is 3. The van der Waals surface area contributed by atoms with E-state index >= 15 is 0 Å². The van der Waals surface area contributed by atoms with Gasteiger partial charge in [-0.2, -0.15) is 0 Å². The molecule has 1 spiro atoms. The number of esters is 2. The molecular formula is C26H36O5. The molecule has 0 aromatic heterocycles. The molecule has 170 valence electrons. The minimum absolute atomic E-state index is 0.0269. The smallest absolute Gasteiger partial charge is 0.313 e. The van der Waals surface area contributed by atoms with Gasteiger partial charge < -0.3 is 9.47 Å². The van der Waals surface area contributed by atoms with Crippen LogP contribution >= 0.6 is 0 Å². The molecule has 0 unspecified atom stereocenters. The molecule has 0 amide bonds. The van der Waals surface area contributed by atoms with Crippen molar-refractivity contribution in [2.45, 2.75) is 84.2 Å². The Morgan fingerprint density at radius 2 is 2.00 bits per heavy atom. The lowest BCUT2D eigenvalue weighted by molar-refractivity contribution is -0.164. The van der Waals surface area contributed by atoms with Gasteiger partial charge in [0.25, 0.3) is 0 Å². The van der Waals surface area contributed by atoms with Gasteiger partial charge in [0.05, 0.1) is 18.4 Å². The SMILES string of the molecule is C=C1C[C@]23C[C@@]1(CCCC)CC[C@H]2[C@@]12CC[C@H](C(C)=O)[C@](C)(C(=O)O1)[C@H]2[C@@H]3C(=O)OC. The predicted molar refractivity (Wildman–Crippen MR) is 115 cm³/mol. The third-order valence-corrected chi connectivity index (χ3v) is 10.5. The molecule has 8 atom stereocenters. The fraction of sp³-hybridized carbons (Fsp3) is 0.808. The third kappa shape index (κ3) is 2.26. The monoisotopic (exact) mass is 428 g/mol. The molecule has 31 heavy (non-hydrogen) atoms. The normalized spacial score (nSPS) is 49.4. The maximum atomic E-state index is 13.5. The minimum atomic E-state index is -0.953. The molecule has 0 N–H and O–H groups in total. The van der Waals surface area contributed by atoms with E-state index < -0.39 is 22.9 Å². The molecular weight excluding hydrogens is 392 g/mol. The van der Waals surface area contributed by atoms with Crippen LogP contribution in [-0.2, 0) is 23.9 Å². The maximum Gasteiger partial charge on any atom is 0.313 e. The highest BCUT2D eigenvalue weighted by Crippen LogP contribution is 2.81. The van der Waals surface area contributed by atoms with E-state index in [0.29, 0.717) is 12.8 Å². The van der Waals surface area contributed by atoms with E-state index in [1.54, 1.807) is 6.92 Å². The summed E-state index contributed by atoms with van der Waals surface area (Å²) in [6.45, 7) is 10.2. The fourth-order valence-corrected chi connectivity index (χ4v) is 9.46. The zero-order valence-electron chi connectivity index (χ0n) is 19.4. The van der Waals surface area contributed by atoms with Crippen LogP contribution in [0.4, 0.5) is 0 Å². The largest absolute Gasteiger partial charge is 0.469 e. The van der Waals surface area contributed by atoms with Gasteiger partial charge in [0.2, 0.25) is 0 Å². The van der Waals surface area contributed by atoms with Gasteiger partial charge in [-0.25, -0.2) is 0 Å². The van der Waals surface area contributed by atoms with Crippen LogP contribution in [0.3, 0.4) is 0 Å². The Labute approximate surface area is 185 Å². The van der Waals surface area contributed by atoms with Gasteiger partial charge >= 0.3 is 11.9 Å². The summed E-state index contributed by atoms with van der Waals surface area (Å²) in [5.74, 6) is -1.44. The number of Topliss-reactive ketones (excluding diaryl/α,β-unsaturated/α-hetero) is 1. The van der Waals surface area contributed by atoms with E-state index in [4.69, 9.17) is 9.47 Å². The first-order valence-electron chi connectivity index (χ1n) is 12.1. The van der Waals surface area contributed by atoms with Crippen molar-refractivity contribution in [3.63, 3.8) is 0 Å². The van der Waals surface area contributed by atoms with Crippen LogP contribution in [0.1, 0.15) is 78.6 Å². The Hall–Kier alpha value is -1.65. The molecule has 0 aromatic carbocycles. The maximum absolute atomic E-state index is 13.5. The molecule has 5 nitrogen and oxygen atoms in total. The fourth-order valence-electron chi connectivity index (χ4n) is 9.46. The highest BCUT2D eigenvalue weighted by molar-refractivity contribution is 5.92. The topological polar surface area (TPSA) is 69.7 Å². The summed E-state index contributed by atoms with van der Waals surface area (Å²) in [7, 11) is 1.45. The highest BCUT2D eigenvalue weighted by Gasteiger charge is 2.84. The number of rotatable bonds is 5. The molecule has 4 aliphatic carbocycles. The quantitative estimate of drug-likeness (QED) is 0.472. The number of ether oxygens (including phenoxy) is 2. The molecule has 0 radical (unpaired) electrons. The summed E-state index contributed by atoms with van der Waals surface area (Å²) in [4.78, 5) is 39.5. The average molecular weight is 429 g/mol. The number of carbonyl (C=O) groups is 3. The van der Waals surface area contributed by atoms with Crippen molar-refractivity contribution in [2.75, 3.05) is 7.11 Å². The van der Waals surface area contributed by atoms with E-state index in [0.717, 1.165) is 44.9 Å². The lowest BCUT2D eigenvalue weighted by atomic mass is 9.55. The van der Waals surface area contributed by atoms with Crippen LogP contribution in [0.2, 0.25) is 0 Å². The van der Waals surface area contributed by atoms with Gasteiger partial charge in [-0.15, -0.1) is 0 Å². The van der Waals surface area contributed by atoms with E-state index in [1.807, 2.05) is 6.92 Å². The van der Waals surface area contributed by atoms with Crippen LogP contribution in [-0.4, -0.2) is 30.4 Å².